The fourth-order valence-electron chi connectivity index (χ4n) is 1.25. The van der Waals surface area contributed by atoms with Gasteiger partial charge < -0.3 is 5.32 Å². The highest BCUT2D eigenvalue weighted by atomic mass is 32.1. The molecule has 0 aliphatic heterocycles. The molecule has 0 aliphatic carbocycles. The van der Waals surface area contributed by atoms with Crippen LogP contribution in [-0.4, -0.2) is 19.4 Å². The number of hydrogen-bond acceptors (Lipinski definition) is 3. The van der Waals surface area contributed by atoms with Crippen molar-refractivity contribution in [2.75, 3.05) is 13.6 Å². The molecule has 1 aromatic heterocycles. The van der Waals surface area contributed by atoms with E-state index in [1.54, 1.807) is 11.3 Å². The summed E-state index contributed by atoms with van der Waals surface area (Å²) in [6.45, 7) is 2.92. The van der Waals surface area contributed by atoms with E-state index in [0.29, 0.717) is 18.6 Å². The van der Waals surface area contributed by atoms with Gasteiger partial charge in [0, 0.05) is 29.1 Å². The highest BCUT2D eigenvalue weighted by molar-refractivity contribution is 7.12. The summed E-state index contributed by atoms with van der Waals surface area (Å²) in [4.78, 5) is 14.0. The van der Waals surface area contributed by atoms with E-state index < -0.39 is 0 Å². The molecule has 0 bridgehead atoms. The SMILES string of the molecule is CCc1ccc(CC(=O)CCNC)s1. The van der Waals surface area contributed by atoms with Crippen LogP contribution in [0.4, 0.5) is 0 Å². The monoisotopic (exact) mass is 211 g/mol. The number of hydrogen-bond donors (Lipinski definition) is 1. The van der Waals surface area contributed by atoms with Crippen molar-refractivity contribution in [2.24, 2.45) is 0 Å². The normalized spacial score (nSPS) is 10.4. The van der Waals surface area contributed by atoms with Gasteiger partial charge >= 0.3 is 0 Å². The van der Waals surface area contributed by atoms with Crippen LogP contribution in [0.5, 0.6) is 0 Å². The smallest absolute Gasteiger partial charge is 0.139 e. The highest BCUT2D eigenvalue weighted by Crippen LogP contribution is 2.17. The third-order valence-corrected chi connectivity index (χ3v) is 3.32. The molecule has 0 radical (unpaired) electrons. The number of rotatable bonds is 6. The second kappa shape index (κ2) is 5.94. The number of carbonyl (C=O) groups excluding carboxylic acids is 1. The molecule has 0 saturated heterocycles. The Morgan fingerprint density at radius 3 is 2.71 bits per heavy atom. The van der Waals surface area contributed by atoms with Crippen molar-refractivity contribution in [2.45, 2.75) is 26.2 Å². The van der Waals surface area contributed by atoms with Gasteiger partial charge in [0.05, 0.1) is 0 Å². The van der Waals surface area contributed by atoms with Gasteiger partial charge in [-0.25, -0.2) is 0 Å². The molecule has 1 N–H and O–H groups in total. The topological polar surface area (TPSA) is 29.1 Å². The summed E-state index contributed by atoms with van der Waals surface area (Å²) in [6, 6.07) is 4.19. The second-order valence-corrected chi connectivity index (χ2v) is 4.54. The maximum Gasteiger partial charge on any atom is 0.139 e. The first-order chi connectivity index (χ1) is 6.76. The van der Waals surface area contributed by atoms with E-state index in [4.69, 9.17) is 0 Å². The average Bonchev–Trinajstić information content (AvgIpc) is 2.62. The molecule has 1 heterocycles. The van der Waals surface area contributed by atoms with E-state index in [1.807, 2.05) is 7.05 Å². The predicted molar refractivity (Wildman–Crippen MR) is 61.0 cm³/mol. The molecule has 0 aromatic carbocycles. The van der Waals surface area contributed by atoms with Crippen LogP contribution < -0.4 is 5.32 Å². The maximum absolute atomic E-state index is 11.4. The Morgan fingerprint density at radius 2 is 2.14 bits per heavy atom. The van der Waals surface area contributed by atoms with Crippen LogP contribution in [0.1, 0.15) is 23.1 Å². The summed E-state index contributed by atoms with van der Waals surface area (Å²) in [6.07, 6.45) is 2.30. The van der Waals surface area contributed by atoms with Gasteiger partial charge in [0.15, 0.2) is 0 Å². The van der Waals surface area contributed by atoms with Crippen molar-refractivity contribution in [3.8, 4) is 0 Å². The maximum atomic E-state index is 11.4. The Hall–Kier alpha value is -0.670. The Morgan fingerprint density at radius 1 is 1.43 bits per heavy atom. The van der Waals surface area contributed by atoms with E-state index in [0.717, 1.165) is 13.0 Å². The summed E-state index contributed by atoms with van der Waals surface area (Å²) in [5.74, 6) is 0.323. The molecule has 78 valence electrons. The molecule has 1 rings (SSSR count). The molecule has 2 nitrogen and oxygen atoms in total. The molecule has 14 heavy (non-hydrogen) atoms. The highest BCUT2D eigenvalue weighted by Gasteiger charge is 2.05. The minimum absolute atomic E-state index is 0.323. The van der Waals surface area contributed by atoms with E-state index in [2.05, 4.69) is 24.4 Å². The van der Waals surface area contributed by atoms with E-state index in [-0.39, 0.29) is 0 Å². The van der Waals surface area contributed by atoms with Crippen molar-refractivity contribution < 1.29 is 4.79 Å². The predicted octanol–water partition coefficient (Wildman–Crippen LogP) is 2.03. The average molecular weight is 211 g/mol. The number of aryl methyl sites for hydroxylation is 1. The van der Waals surface area contributed by atoms with Crippen molar-refractivity contribution in [3.63, 3.8) is 0 Å². The van der Waals surface area contributed by atoms with Crippen LogP contribution >= 0.6 is 11.3 Å². The number of carbonyl (C=O) groups is 1. The molecule has 0 saturated carbocycles. The van der Waals surface area contributed by atoms with Crippen LogP contribution in [0.3, 0.4) is 0 Å². The zero-order valence-corrected chi connectivity index (χ0v) is 9.62. The van der Waals surface area contributed by atoms with Crippen LogP contribution in [0.25, 0.3) is 0 Å². The van der Waals surface area contributed by atoms with Gasteiger partial charge in [-0.3, -0.25) is 4.79 Å². The molecule has 0 amide bonds. The number of ketones is 1. The van der Waals surface area contributed by atoms with Crippen LogP contribution in [0, 0.1) is 0 Å². The Bertz CT molecular complexity index is 293. The van der Waals surface area contributed by atoms with Gasteiger partial charge in [-0.05, 0) is 25.6 Å². The Kier molecular flexibility index (Phi) is 4.84. The molecule has 0 atom stereocenters. The minimum atomic E-state index is 0.323. The Balaban J connectivity index is 2.39. The van der Waals surface area contributed by atoms with E-state index >= 15 is 0 Å². The lowest BCUT2D eigenvalue weighted by atomic mass is 10.2. The third-order valence-electron chi connectivity index (χ3n) is 2.09. The summed E-state index contributed by atoms with van der Waals surface area (Å²) < 4.78 is 0. The fourth-order valence-corrected chi connectivity index (χ4v) is 2.24. The number of Topliss-reactive ketones (excluding diaryl/α,β-unsaturated/α-hetero) is 1. The van der Waals surface area contributed by atoms with Gasteiger partial charge in [-0.15, -0.1) is 11.3 Å². The van der Waals surface area contributed by atoms with Gasteiger partial charge in [0.1, 0.15) is 5.78 Å². The molecule has 0 unspecified atom stereocenters. The van der Waals surface area contributed by atoms with E-state index in [9.17, 15) is 4.79 Å². The lowest BCUT2D eigenvalue weighted by Gasteiger charge is -1.97. The molecule has 0 spiro atoms. The van der Waals surface area contributed by atoms with Crippen molar-refractivity contribution in [1.82, 2.24) is 5.32 Å². The lowest BCUT2D eigenvalue weighted by Crippen LogP contribution is -2.13. The minimum Gasteiger partial charge on any atom is -0.319 e. The van der Waals surface area contributed by atoms with Gasteiger partial charge in [-0.2, -0.15) is 0 Å². The van der Waals surface area contributed by atoms with Crippen LogP contribution in [0.15, 0.2) is 12.1 Å². The van der Waals surface area contributed by atoms with Crippen molar-refractivity contribution >= 4 is 17.1 Å². The summed E-state index contributed by atoms with van der Waals surface area (Å²) in [5.41, 5.74) is 0. The standard InChI is InChI=1S/C11H17NOS/c1-3-10-4-5-11(14-10)8-9(13)6-7-12-2/h4-5,12H,3,6-8H2,1-2H3. The number of thiophene rings is 1. The fraction of sp³-hybridized carbons (Fsp3) is 0.545. The van der Waals surface area contributed by atoms with Gasteiger partial charge in [0.25, 0.3) is 0 Å². The number of nitrogens with one attached hydrogen (secondary N) is 1. The van der Waals surface area contributed by atoms with Crippen molar-refractivity contribution in [3.05, 3.63) is 21.9 Å². The molecule has 0 fully saturated rings. The molecular formula is C11H17NOS. The van der Waals surface area contributed by atoms with Crippen LogP contribution in [-0.2, 0) is 17.6 Å². The largest absolute Gasteiger partial charge is 0.319 e. The van der Waals surface area contributed by atoms with Gasteiger partial charge in [-0.1, -0.05) is 6.92 Å². The molecule has 3 heteroatoms. The first-order valence-corrected chi connectivity index (χ1v) is 5.81. The zero-order chi connectivity index (χ0) is 10.4. The summed E-state index contributed by atoms with van der Waals surface area (Å²) in [5, 5.41) is 2.98. The van der Waals surface area contributed by atoms with Gasteiger partial charge in [0.2, 0.25) is 0 Å². The molecular weight excluding hydrogens is 194 g/mol. The third kappa shape index (κ3) is 3.60. The first-order valence-electron chi connectivity index (χ1n) is 5.00. The van der Waals surface area contributed by atoms with Crippen molar-refractivity contribution in [1.29, 1.82) is 0 Å². The molecule has 0 aliphatic rings. The quantitative estimate of drug-likeness (QED) is 0.780. The first kappa shape index (κ1) is 11.4. The molecule has 1 aromatic rings. The zero-order valence-electron chi connectivity index (χ0n) is 8.80. The van der Waals surface area contributed by atoms with Crippen LogP contribution in [0.2, 0.25) is 0 Å². The van der Waals surface area contributed by atoms with E-state index in [1.165, 1.54) is 9.75 Å². The lowest BCUT2D eigenvalue weighted by molar-refractivity contribution is -0.118. The Labute approximate surface area is 89.3 Å². The summed E-state index contributed by atoms with van der Waals surface area (Å²) >= 11 is 1.75. The second-order valence-electron chi connectivity index (χ2n) is 3.29. The summed E-state index contributed by atoms with van der Waals surface area (Å²) in [7, 11) is 1.87.